The Bertz CT molecular complexity index is 792. The lowest BCUT2D eigenvalue weighted by molar-refractivity contribution is 0.367. The molecule has 1 aromatic carbocycles. The molecule has 3 rings (SSSR count). The van der Waals surface area contributed by atoms with E-state index >= 15 is 0 Å². The van der Waals surface area contributed by atoms with Crippen molar-refractivity contribution in [3.8, 4) is 0 Å². The predicted molar refractivity (Wildman–Crippen MR) is 114 cm³/mol. The second kappa shape index (κ2) is 10.5. The van der Waals surface area contributed by atoms with E-state index in [1.165, 1.54) is 12.1 Å². The van der Waals surface area contributed by atoms with E-state index in [2.05, 4.69) is 25.3 Å². The number of anilines is 1. The maximum Gasteiger partial charge on any atom is 0.228 e. The Morgan fingerprint density at radius 1 is 1.25 bits per heavy atom. The lowest BCUT2D eigenvalue weighted by atomic mass is 10.2. The number of benzene rings is 1. The van der Waals surface area contributed by atoms with Gasteiger partial charge in [0, 0.05) is 45.2 Å². The van der Waals surface area contributed by atoms with Crippen LogP contribution in [0.1, 0.15) is 18.6 Å². The number of hydrogen-bond acceptors (Lipinski definition) is 5. The third kappa shape index (κ3) is 5.76. The lowest BCUT2D eigenvalue weighted by Gasteiger charge is -2.37. The number of guanidine groups is 1. The molecule has 1 aromatic heterocycles. The van der Waals surface area contributed by atoms with Crippen LogP contribution >= 0.6 is 24.0 Å². The number of aromatic nitrogens is 2. The fraction of sp³-hybridized carbons (Fsp3) is 0.500. The van der Waals surface area contributed by atoms with Crippen LogP contribution in [0.25, 0.3) is 0 Å². The first kappa shape index (κ1) is 22.3. The van der Waals surface area contributed by atoms with Gasteiger partial charge in [0.15, 0.2) is 11.8 Å². The van der Waals surface area contributed by atoms with Crippen LogP contribution in [-0.2, 0) is 6.42 Å². The number of halogens is 3. The van der Waals surface area contributed by atoms with Gasteiger partial charge in [0.2, 0.25) is 5.89 Å². The topological polar surface area (TPSA) is 69.8 Å². The number of hydrogen-bond donors (Lipinski definition) is 1. The molecule has 0 saturated carbocycles. The van der Waals surface area contributed by atoms with Gasteiger partial charge in [-0.25, -0.2) is 8.78 Å². The molecule has 1 aliphatic rings. The summed E-state index contributed by atoms with van der Waals surface area (Å²) in [5.41, 5.74) is 0.309. The number of aryl methyl sites for hydroxylation is 1. The molecule has 0 spiro atoms. The maximum absolute atomic E-state index is 14.0. The van der Waals surface area contributed by atoms with E-state index in [0.29, 0.717) is 56.5 Å². The van der Waals surface area contributed by atoms with Crippen molar-refractivity contribution in [3.05, 3.63) is 41.5 Å². The van der Waals surface area contributed by atoms with Crippen molar-refractivity contribution in [3.63, 3.8) is 0 Å². The number of rotatable bonds is 5. The van der Waals surface area contributed by atoms with Crippen LogP contribution in [0.15, 0.2) is 27.7 Å². The van der Waals surface area contributed by atoms with E-state index in [-0.39, 0.29) is 24.0 Å². The van der Waals surface area contributed by atoms with Gasteiger partial charge in [0.1, 0.15) is 11.6 Å². The second-order valence-corrected chi connectivity index (χ2v) is 6.29. The van der Waals surface area contributed by atoms with Gasteiger partial charge in [0.25, 0.3) is 0 Å². The number of aliphatic imine (C=N–C) groups is 1. The fourth-order valence-corrected chi connectivity index (χ4v) is 3.01. The third-order valence-electron chi connectivity index (χ3n) is 4.32. The minimum Gasteiger partial charge on any atom is -0.366 e. The smallest absolute Gasteiger partial charge is 0.228 e. The summed E-state index contributed by atoms with van der Waals surface area (Å²) in [5, 5.41) is 7.04. The Balaban J connectivity index is 0.00000280. The molecular weight excluding hydrogens is 481 g/mol. The monoisotopic (exact) mass is 506 g/mol. The summed E-state index contributed by atoms with van der Waals surface area (Å²) >= 11 is 0. The first-order valence-electron chi connectivity index (χ1n) is 9.09. The molecule has 10 heteroatoms. The summed E-state index contributed by atoms with van der Waals surface area (Å²) in [5.74, 6) is 1.15. The molecule has 0 radical (unpaired) electrons. The molecule has 154 valence electrons. The summed E-state index contributed by atoms with van der Waals surface area (Å²) in [6, 6.07) is 3.55. The van der Waals surface area contributed by atoms with Crippen LogP contribution < -0.4 is 10.2 Å². The van der Waals surface area contributed by atoms with Crippen LogP contribution in [0.4, 0.5) is 14.5 Å². The Hall–Kier alpha value is -1.98. The molecule has 2 aromatic rings. The highest BCUT2D eigenvalue weighted by atomic mass is 127. The molecule has 0 bridgehead atoms. The van der Waals surface area contributed by atoms with E-state index in [1.54, 1.807) is 6.92 Å². The average Bonchev–Trinajstić information content (AvgIpc) is 3.08. The van der Waals surface area contributed by atoms with Crippen molar-refractivity contribution in [1.82, 2.24) is 20.4 Å². The molecule has 0 aliphatic carbocycles. The summed E-state index contributed by atoms with van der Waals surface area (Å²) in [4.78, 5) is 12.8. The molecule has 1 saturated heterocycles. The SMILES string of the molecule is CCNC(=NCCc1nc(C)no1)N1CCN(c2cc(F)ccc2F)CC1.I. The van der Waals surface area contributed by atoms with E-state index in [1.807, 2.05) is 11.8 Å². The van der Waals surface area contributed by atoms with Crippen LogP contribution in [0.5, 0.6) is 0 Å². The molecule has 7 nitrogen and oxygen atoms in total. The molecule has 1 N–H and O–H groups in total. The average molecular weight is 506 g/mol. The van der Waals surface area contributed by atoms with E-state index in [9.17, 15) is 8.78 Å². The third-order valence-corrected chi connectivity index (χ3v) is 4.32. The van der Waals surface area contributed by atoms with Gasteiger partial charge in [-0.05, 0) is 26.0 Å². The standard InChI is InChI=1S/C18H24F2N6O.HI/c1-3-21-18(22-7-6-17-23-13(2)24-27-17)26-10-8-25(9-11-26)16-12-14(19)4-5-15(16)20;/h4-5,12H,3,6-11H2,1-2H3,(H,21,22);1H. The Morgan fingerprint density at radius 3 is 2.64 bits per heavy atom. The Morgan fingerprint density at radius 2 is 2.00 bits per heavy atom. The van der Waals surface area contributed by atoms with Crippen molar-refractivity contribution in [2.24, 2.45) is 4.99 Å². The van der Waals surface area contributed by atoms with Crippen LogP contribution in [0.2, 0.25) is 0 Å². The van der Waals surface area contributed by atoms with Crippen molar-refractivity contribution in [2.75, 3.05) is 44.2 Å². The van der Waals surface area contributed by atoms with Crippen LogP contribution in [0, 0.1) is 18.6 Å². The van der Waals surface area contributed by atoms with Crippen LogP contribution in [-0.4, -0.2) is 60.3 Å². The number of nitrogens with one attached hydrogen (secondary N) is 1. The lowest BCUT2D eigenvalue weighted by Crippen LogP contribution is -2.52. The van der Waals surface area contributed by atoms with Crippen molar-refractivity contribution in [2.45, 2.75) is 20.3 Å². The van der Waals surface area contributed by atoms with Crippen molar-refractivity contribution >= 4 is 35.6 Å². The Kier molecular flexibility index (Phi) is 8.39. The normalized spacial score (nSPS) is 14.8. The molecular formula is C18H25F2IN6O. The minimum atomic E-state index is -0.431. The van der Waals surface area contributed by atoms with Gasteiger partial charge in [0.05, 0.1) is 12.2 Å². The fourth-order valence-electron chi connectivity index (χ4n) is 3.01. The quantitative estimate of drug-likeness (QED) is 0.382. The second-order valence-electron chi connectivity index (χ2n) is 6.29. The van der Waals surface area contributed by atoms with Gasteiger partial charge in [-0.1, -0.05) is 5.16 Å². The molecule has 0 unspecified atom stereocenters. The van der Waals surface area contributed by atoms with Gasteiger partial charge in [-0.2, -0.15) is 4.98 Å². The molecule has 28 heavy (non-hydrogen) atoms. The number of piperazine rings is 1. The predicted octanol–water partition coefficient (Wildman–Crippen LogP) is 2.60. The first-order chi connectivity index (χ1) is 13.1. The number of nitrogens with zero attached hydrogens (tertiary/aromatic N) is 5. The van der Waals surface area contributed by atoms with E-state index < -0.39 is 11.6 Å². The molecule has 2 heterocycles. The highest BCUT2D eigenvalue weighted by Gasteiger charge is 2.22. The summed E-state index contributed by atoms with van der Waals surface area (Å²) in [6.07, 6.45) is 0.574. The summed E-state index contributed by atoms with van der Waals surface area (Å²) in [6.45, 7) is 7.58. The summed E-state index contributed by atoms with van der Waals surface area (Å²) in [7, 11) is 0. The highest BCUT2D eigenvalue weighted by molar-refractivity contribution is 14.0. The van der Waals surface area contributed by atoms with E-state index in [0.717, 1.165) is 18.6 Å². The molecule has 1 fully saturated rings. The van der Waals surface area contributed by atoms with Crippen molar-refractivity contribution < 1.29 is 13.3 Å². The zero-order valence-electron chi connectivity index (χ0n) is 16.0. The van der Waals surface area contributed by atoms with Crippen LogP contribution in [0.3, 0.4) is 0 Å². The highest BCUT2D eigenvalue weighted by Crippen LogP contribution is 2.21. The molecule has 1 aliphatic heterocycles. The van der Waals surface area contributed by atoms with Gasteiger partial charge >= 0.3 is 0 Å². The zero-order valence-corrected chi connectivity index (χ0v) is 18.3. The van der Waals surface area contributed by atoms with Gasteiger partial charge in [-0.15, -0.1) is 24.0 Å². The minimum absolute atomic E-state index is 0. The first-order valence-corrected chi connectivity index (χ1v) is 9.09. The summed E-state index contributed by atoms with van der Waals surface area (Å²) < 4.78 is 32.5. The van der Waals surface area contributed by atoms with Crippen molar-refractivity contribution in [1.29, 1.82) is 0 Å². The maximum atomic E-state index is 14.0. The van der Waals surface area contributed by atoms with Gasteiger partial charge in [-0.3, -0.25) is 4.99 Å². The molecule has 0 amide bonds. The van der Waals surface area contributed by atoms with Gasteiger partial charge < -0.3 is 19.6 Å². The largest absolute Gasteiger partial charge is 0.366 e. The van der Waals surface area contributed by atoms with E-state index in [4.69, 9.17) is 4.52 Å². The Labute approximate surface area is 180 Å². The zero-order chi connectivity index (χ0) is 19.2. The molecule has 0 atom stereocenters.